The lowest BCUT2D eigenvalue weighted by atomic mass is 10.1. The number of ether oxygens (including phenoxy) is 2. The monoisotopic (exact) mass is 376 g/mol. The van der Waals surface area contributed by atoms with Crippen LogP contribution in [0.1, 0.15) is 90.0 Å². The van der Waals surface area contributed by atoms with Gasteiger partial charge in [-0.1, -0.05) is 77.0 Å². The number of unbranched alkanes of at least 4 members (excludes halogenated alkanes) is 7. The predicted molar refractivity (Wildman–Crippen MR) is 109 cm³/mol. The Morgan fingerprint density at radius 1 is 0.778 bits per heavy atom. The van der Waals surface area contributed by atoms with Crippen molar-refractivity contribution in [1.82, 2.24) is 0 Å². The maximum absolute atomic E-state index is 11.9. The van der Waals surface area contributed by atoms with Gasteiger partial charge in [0.25, 0.3) is 0 Å². The SMILES string of the molecule is CCCCCCCCCCOC(=O)CCCC(=O)Oc1ccccc1CC. The number of benzene rings is 1. The van der Waals surface area contributed by atoms with Crippen LogP contribution in [-0.4, -0.2) is 18.5 Å². The molecule has 152 valence electrons. The molecule has 0 radical (unpaired) electrons. The summed E-state index contributed by atoms with van der Waals surface area (Å²) in [6.07, 6.45) is 11.5. The lowest BCUT2D eigenvalue weighted by Crippen LogP contribution is -2.11. The first-order chi connectivity index (χ1) is 13.2. The lowest BCUT2D eigenvalue weighted by molar-refractivity contribution is -0.144. The van der Waals surface area contributed by atoms with Crippen LogP contribution in [-0.2, 0) is 20.7 Å². The number of aryl methyl sites for hydroxylation is 1. The van der Waals surface area contributed by atoms with Crippen LogP contribution < -0.4 is 4.74 Å². The minimum atomic E-state index is -0.299. The molecule has 0 atom stereocenters. The number of carbonyl (C=O) groups is 2. The highest BCUT2D eigenvalue weighted by atomic mass is 16.5. The summed E-state index contributed by atoms with van der Waals surface area (Å²) in [5.41, 5.74) is 1.01. The van der Waals surface area contributed by atoms with Gasteiger partial charge in [-0.2, -0.15) is 0 Å². The topological polar surface area (TPSA) is 52.6 Å². The summed E-state index contributed by atoms with van der Waals surface area (Å²) < 4.78 is 10.6. The number of carbonyl (C=O) groups excluding carboxylic acids is 2. The highest BCUT2D eigenvalue weighted by Gasteiger charge is 2.10. The summed E-state index contributed by atoms with van der Waals surface area (Å²) in [5.74, 6) is 0.0914. The zero-order valence-electron chi connectivity index (χ0n) is 17.1. The summed E-state index contributed by atoms with van der Waals surface area (Å²) in [6.45, 7) is 4.74. The second-order valence-corrected chi connectivity index (χ2v) is 6.98. The van der Waals surface area contributed by atoms with E-state index in [0.29, 0.717) is 18.8 Å². The molecule has 1 aromatic carbocycles. The molecule has 0 unspecified atom stereocenters. The molecule has 0 fully saturated rings. The van der Waals surface area contributed by atoms with E-state index >= 15 is 0 Å². The molecule has 4 nitrogen and oxygen atoms in total. The molecule has 4 heteroatoms. The molecule has 1 aromatic rings. The Kier molecular flexibility index (Phi) is 13.1. The highest BCUT2D eigenvalue weighted by Crippen LogP contribution is 2.19. The van der Waals surface area contributed by atoms with Gasteiger partial charge in [0.2, 0.25) is 0 Å². The van der Waals surface area contributed by atoms with Gasteiger partial charge < -0.3 is 9.47 Å². The van der Waals surface area contributed by atoms with E-state index < -0.39 is 0 Å². The molecule has 0 heterocycles. The van der Waals surface area contributed by atoms with Gasteiger partial charge in [-0.15, -0.1) is 0 Å². The molecule has 0 saturated heterocycles. The average Bonchev–Trinajstić information content (AvgIpc) is 2.67. The number of esters is 2. The van der Waals surface area contributed by atoms with E-state index in [0.717, 1.165) is 24.8 Å². The van der Waals surface area contributed by atoms with Gasteiger partial charge in [-0.3, -0.25) is 9.59 Å². The van der Waals surface area contributed by atoms with Crippen LogP contribution in [0.15, 0.2) is 24.3 Å². The molecular weight excluding hydrogens is 340 g/mol. The summed E-state index contributed by atoms with van der Waals surface area (Å²) in [7, 11) is 0. The van der Waals surface area contributed by atoms with Gasteiger partial charge in [-0.25, -0.2) is 0 Å². The van der Waals surface area contributed by atoms with Gasteiger partial charge in [-0.05, 0) is 30.9 Å². The van der Waals surface area contributed by atoms with Crippen molar-refractivity contribution >= 4 is 11.9 Å². The van der Waals surface area contributed by atoms with Crippen molar-refractivity contribution in [1.29, 1.82) is 0 Å². The Labute approximate surface area is 164 Å². The van der Waals surface area contributed by atoms with Crippen LogP contribution in [0.4, 0.5) is 0 Å². The quantitative estimate of drug-likeness (QED) is 0.214. The molecule has 27 heavy (non-hydrogen) atoms. The first-order valence-corrected chi connectivity index (χ1v) is 10.6. The maximum atomic E-state index is 11.9. The minimum Gasteiger partial charge on any atom is -0.466 e. The van der Waals surface area contributed by atoms with Crippen molar-refractivity contribution in [2.24, 2.45) is 0 Å². The van der Waals surface area contributed by atoms with Crippen molar-refractivity contribution in [2.75, 3.05) is 6.61 Å². The molecular formula is C23H36O4. The molecule has 0 spiro atoms. The smallest absolute Gasteiger partial charge is 0.311 e. The lowest BCUT2D eigenvalue weighted by Gasteiger charge is -2.08. The van der Waals surface area contributed by atoms with Crippen molar-refractivity contribution < 1.29 is 19.1 Å². The highest BCUT2D eigenvalue weighted by molar-refractivity contribution is 5.74. The van der Waals surface area contributed by atoms with E-state index in [2.05, 4.69) is 6.92 Å². The van der Waals surface area contributed by atoms with Gasteiger partial charge in [0.05, 0.1) is 6.61 Å². The normalized spacial score (nSPS) is 10.6. The Bertz CT molecular complexity index is 539. The first kappa shape index (κ1) is 23.2. The molecule has 0 amide bonds. The third-order valence-corrected chi connectivity index (χ3v) is 4.60. The Balaban J connectivity index is 2.02. The van der Waals surface area contributed by atoms with Crippen LogP contribution in [0.25, 0.3) is 0 Å². The zero-order valence-corrected chi connectivity index (χ0v) is 17.1. The molecule has 0 N–H and O–H groups in total. The fourth-order valence-electron chi connectivity index (χ4n) is 2.94. The predicted octanol–water partition coefficient (Wildman–Crippen LogP) is 6.01. The Morgan fingerprint density at radius 2 is 1.41 bits per heavy atom. The summed E-state index contributed by atoms with van der Waals surface area (Å²) >= 11 is 0. The van der Waals surface area contributed by atoms with Gasteiger partial charge in [0.15, 0.2) is 0 Å². The summed E-state index contributed by atoms with van der Waals surface area (Å²) in [5, 5.41) is 0. The van der Waals surface area contributed by atoms with Crippen LogP contribution >= 0.6 is 0 Å². The van der Waals surface area contributed by atoms with E-state index in [1.165, 1.54) is 38.5 Å². The van der Waals surface area contributed by atoms with Crippen LogP contribution in [0, 0.1) is 0 Å². The van der Waals surface area contributed by atoms with E-state index in [1.54, 1.807) is 6.07 Å². The number of hydrogen-bond donors (Lipinski definition) is 0. The summed E-state index contributed by atoms with van der Waals surface area (Å²) in [4.78, 5) is 23.6. The van der Waals surface area contributed by atoms with Crippen molar-refractivity contribution in [3.63, 3.8) is 0 Å². The molecule has 0 aliphatic carbocycles. The van der Waals surface area contributed by atoms with E-state index in [4.69, 9.17) is 9.47 Å². The molecule has 0 aromatic heterocycles. The fraction of sp³-hybridized carbons (Fsp3) is 0.652. The van der Waals surface area contributed by atoms with Crippen LogP contribution in [0.2, 0.25) is 0 Å². The second-order valence-electron chi connectivity index (χ2n) is 6.98. The number of rotatable bonds is 15. The molecule has 0 aliphatic heterocycles. The zero-order chi connectivity index (χ0) is 19.7. The van der Waals surface area contributed by atoms with Gasteiger partial charge in [0, 0.05) is 12.8 Å². The molecule has 0 bridgehead atoms. The maximum Gasteiger partial charge on any atom is 0.311 e. The molecule has 0 aliphatic rings. The first-order valence-electron chi connectivity index (χ1n) is 10.6. The fourth-order valence-corrected chi connectivity index (χ4v) is 2.94. The van der Waals surface area contributed by atoms with Gasteiger partial charge >= 0.3 is 11.9 Å². The minimum absolute atomic E-state index is 0.222. The third kappa shape index (κ3) is 11.5. The molecule has 0 saturated carbocycles. The largest absolute Gasteiger partial charge is 0.466 e. The van der Waals surface area contributed by atoms with Crippen LogP contribution in [0.3, 0.4) is 0 Å². The van der Waals surface area contributed by atoms with E-state index in [9.17, 15) is 9.59 Å². The number of hydrogen-bond acceptors (Lipinski definition) is 4. The van der Waals surface area contributed by atoms with Crippen molar-refractivity contribution in [2.45, 2.75) is 90.9 Å². The number of para-hydroxylation sites is 1. The van der Waals surface area contributed by atoms with Crippen LogP contribution in [0.5, 0.6) is 5.75 Å². The van der Waals surface area contributed by atoms with Gasteiger partial charge in [0.1, 0.15) is 5.75 Å². The van der Waals surface area contributed by atoms with Crippen molar-refractivity contribution in [3.8, 4) is 5.75 Å². The average molecular weight is 377 g/mol. The standard InChI is InChI=1S/C23H36O4/c1-3-5-6-7-8-9-10-13-19-26-22(24)17-14-18-23(25)27-21-16-12-11-15-20(21)4-2/h11-12,15-16H,3-10,13-14,17-19H2,1-2H3. The second kappa shape index (κ2) is 15.2. The summed E-state index contributed by atoms with van der Waals surface area (Å²) in [6, 6.07) is 7.53. The molecule has 1 rings (SSSR count). The Hall–Kier alpha value is -1.84. The van der Waals surface area contributed by atoms with Crippen molar-refractivity contribution in [3.05, 3.63) is 29.8 Å². The Morgan fingerprint density at radius 3 is 2.11 bits per heavy atom. The van der Waals surface area contributed by atoms with E-state index in [1.807, 2.05) is 25.1 Å². The van der Waals surface area contributed by atoms with E-state index in [-0.39, 0.29) is 24.8 Å². The third-order valence-electron chi connectivity index (χ3n) is 4.60.